The first kappa shape index (κ1) is 20.1. The third kappa shape index (κ3) is 3.94. The predicted octanol–water partition coefficient (Wildman–Crippen LogP) is 3.12. The molecule has 6 nitrogen and oxygen atoms in total. The number of amides is 1. The normalized spacial score (nSPS) is 13.4. The van der Waals surface area contributed by atoms with Gasteiger partial charge in [0.15, 0.2) is 11.5 Å². The summed E-state index contributed by atoms with van der Waals surface area (Å²) in [6.45, 7) is 3.34. The Hall–Kier alpha value is -2.68. The van der Waals surface area contributed by atoms with Crippen molar-refractivity contribution in [2.75, 3.05) is 19.8 Å². The van der Waals surface area contributed by atoms with Crippen molar-refractivity contribution in [2.45, 2.75) is 24.1 Å². The molecular formula is C19H19F2NO5S. The number of rotatable bonds is 6. The summed E-state index contributed by atoms with van der Waals surface area (Å²) in [6, 6.07) is 9.94. The molecule has 150 valence electrons. The Morgan fingerprint density at radius 2 is 1.79 bits per heavy atom. The Morgan fingerprint density at radius 1 is 1.11 bits per heavy atom. The molecule has 1 aliphatic heterocycles. The minimum atomic E-state index is -4.69. The molecule has 1 amide bonds. The summed E-state index contributed by atoms with van der Waals surface area (Å²) in [7, 11) is -4.69. The summed E-state index contributed by atoms with van der Waals surface area (Å²) in [5.41, 5.74) is 0.987. The van der Waals surface area contributed by atoms with E-state index in [9.17, 15) is 22.0 Å². The summed E-state index contributed by atoms with van der Waals surface area (Å²) < 4.78 is 59.5. The number of halogens is 2. The van der Waals surface area contributed by atoms with Crippen LogP contribution in [0.4, 0.5) is 8.78 Å². The number of fused-ring (bicyclic) bond motifs is 1. The average molecular weight is 411 g/mol. The Balaban J connectivity index is 1.81. The summed E-state index contributed by atoms with van der Waals surface area (Å²) in [5, 5.41) is 0. The van der Waals surface area contributed by atoms with E-state index < -0.39 is 20.5 Å². The number of nitrogens with zero attached hydrogens (tertiary/aromatic N) is 1. The van der Waals surface area contributed by atoms with Gasteiger partial charge in [0, 0.05) is 24.2 Å². The highest BCUT2D eigenvalue weighted by molar-refractivity contribution is 7.91. The lowest BCUT2D eigenvalue weighted by atomic mass is 10.1. The molecule has 0 radical (unpaired) electrons. The second-order valence-corrected chi connectivity index (χ2v) is 8.01. The van der Waals surface area contributed by atoms with Crippen molar-refractivity contribution in [3.8, 4) is 11.5 Å². The van der Waals surface area contributed by atoms with E-state index in [1.165, 1.54) is 12.1 Å². The van der Waals surface area contributed by atoms with Crippen molar-refractivity contribution in [1.29, 1.82) is 0 Å². The van der Waals surface area contributed by atoms with Crippen molar-refractivity contribution in [1.82, 2.24) is 4.90 Å². The van der Waals surface area contributed by atoms with Gasteiger partial charge < -0.3 is 14.4 Å². The fourth-order valence-electron chi connectivity index (χ4n) is 2.86. The Kier molecular flexibility index (Phi) is 5.83. The third-order valence-corrected chi connectivity index (χ3v) is 5.74. The molecule has 9 heteroatoms. The van der Waals surface area contributed by atoms with E-state index in [1.54, 1.807) is 17.9 Å². The Labute approximate surface area is 161 Å². The lowest BCUT2D eigenvalue weighted by Gasteiger charge is -2.25. The minimum absolute atomic E-state index is 0.206. The van der Waals surface area contributed by atoms with Gasteiger partial charge in [0.05, 0.1) is 4.90 Å². The highest BCUT2D eigenvalue weighted by Gasteiger charge is 2.27. The molecule has 0 saturated heterocycles. The van der Waals surface area contributed by atoms with Gasteiger partial charge in [0.1, 0.15) is 13.2 Å². The lowest BCUT2D eigenvalue weighted by molar-refractivity contribution is 0.0749. The van der Waals surface area contributed by atoms with Gasteiger partial charge in [-0.15, -0.1) is 0 Å². The summed E-state index contributed by atoms with van der Waals surface area (Å²) in [4.78, 5) is 13.8. The fourth-order valence-corrected chi connectivity index (χ4v) is 3.59. The van der Waals surface area contributed by atoms with E-state index in [-0.39, 0.29) is 18.0 Å². The van der Waals surface area contributed by atoms with Gasteiger partial charge in [-0.2, -0.15) is 8.78 Å². The minimum Gasteiger partial charge on any atom is -0.486 e. The van der Waals surface area contributed by atoms with E-state index in [2.05, 4.69) is 0 Å². The summed E-state index contributed by atoms with van der Waals surface area (Å²) >= 11 is 0. The maximum atomic E-state index is 12.8. The molecule has 0 spiro atoms. The summed E-state index contributed by atoms with van der Waals surface area (Å²) in [6.07, 6.45) is 0. The van der Waals surface area contributed by atoms with E-state index >= 15 is 0 Å². The zero-order chi connectivity index (χ0) is 20.3. The number of ether oxygens (including phenoxy) is 2. The highest BCUT2D eigenvalue weighted by atomic mass is 32.2. The SMILES string of the molecule is CCN(Cc1cccc2c1OCCO2)C(=O)c1ccc(S(=O)(=O)C(F)F)cc1. The Bertz CT molecular complexity index is 961. The fraction of sp³-hybridized carbons (Fsp3) is 0.316. The number of para-hydroxylation sites is 1. The van der Waals surface area contributed by atoms with Crippen LogP contribution in [0.2, 0.25) is 0 Å². The van der Waals surface area contributed by atoms with Crippen molar-refractivity contribution >= 4 is 15.7 Å². The van der Waals surface area contributed by atoms with Gasteiger partial charge >= 0.3 is 5.76 Å². The molecule has 0 atom stereocenters. The largest absolute Gasteiger partial charge is 0.486 e. The molecule has 0 unspecified atom stereocenters. The topological polar surface area (TPSA) is 72.9 Å². The van der Waals surface area contributed by atoms with Crippen molar-refractivity contribution < 1.29 is 31.5 Å². The molecule has 28 heavy (non-hydrogen) atoms. The molecule has 1 aliphatic rings. The number of sulfone groups is 1. The molecular weight excluding hydrogens is 392 g/mol. The van der Waals surface area contributed by atoms with Gasteiger partial charge in [-0.25, -0.2) is 8.42 Å². The number of carbonyl (C=O) groups is 1. The molecule has 0 aromatic heterocycles. The molecule has 1 heterocycles. The van der Waals surface area contributed by atoms with Gasteiger partial charge in [0.2, 0.25) is 9.84 Å². The van der Waals surface area contributed by atoms with E-state index in [4.69, 9.17) is 9.47 Å². The van der Waals surface area contributed by atoms with Crippen LogP contribution in [-0.2, 0) is 16.4 Å². The first-order valence-electron chi connectivity index (χ1n) is 8.63. The van der Waals surface area contributed by atoms with Crippen LogP contribution in [-0.4, -0.2) is 44.7 Å². The van der Waals surface area contributed by atoms with Crippen LogP contribution in [0.15, 0.2) is 47.4 Å². The molecule has 0 aliphatic carbocycles. The van der Waals surface area contributed by atoms with Gasteiger partial charge in [-0.3, -0.25) is 4.79 Å². The van der Waals surface area contributed by atoms with Crippen LogP contribution < -0.4 is 9.47 Å². The molecule has 0 saturated carbocycles. The van der Waals surface area contributed by atoms with Crippen LogP contribution in [0.1, 0.15) is 22.8 Å². The lowest BCUT2D eigenvalue weighted by Crippen LogP contribution is -2.31. The van der Waals surface area contributed by atoms with Crippen molar-refractivity contribution in [3.63, 3.8) is 0 Å². The predicted molar refractivity (Wildman–Crippen MR) is 97.5 cm³/mol. The van der Waals surface area contributed by atoms with Crippen molar-refractivity contribution in [2.24, 2.45) is 0 Å². The average Bonchev–Trinajstić information content (AvgIpc) is 2.71. The smallest absolute Gasteiger partial charge is 0.341 e. The highest BCUT2D eigenvalue weighted by Crippen LogP contribution is 2.34. The second kappa shape index (κ2) is 8.14. The van der Waals surface area contributed by atoms with Crippen LogP contribution in [0, 0.1) is 0 Å². The van der Waals surface area contributed by atoms with Crippen LogP contribution in [0.3, 0.4) is 0 Å². The zero-order valence-corrected chi connectivity index (χ0v) is 15.9. The third-order valence-electron chi connectivity index (χ3n) is 4.34. The molecule has 3 rings (SSSR count). The quantitative estimate of drug-likeness (QED) is 0.730. The van der Waals surface area contributed by atoms with Gasteiger partial charge in [-0.1, -0.05) is 12.1 Å². The number of hydrogen-bond donors (Lipinski definition) is 0. The van der Waals surface area contributed by atoms with E-state index in [0.717, 1.165) is 17.7 Å². The number of alkyl halides is 2. The van der Waals surface area contributed by atoms with Crippen LogP contribution in [0.25, 0.3) is 0 Å². The number of carbonyl (C=O) groups excluding carboxylic acids is 1. The van der Waals surface area contributed by atoms with Crippen molar-refractivity contribution in [3.05, 3.63) is 53.6 Å². The first-order valence-corrected chi connectivity index (χ1v) is 10.2. The number of hydrogen-bond acceptors (Lipinski definition) is 5. The van der Waals surface area contributed by atoms with Gasteiger partial charge in [0.25, 0.3) is 5.91 Å². The van der Waals surface area contributed by atoms with Crippen LogP contribution >= 0.6 is 0 Å². The van der Waals surface area contributed by atoms with Crippen LogP contribution in [0.5, 0.6) is 11.5 Å². The molecule has 2 aromatic rings. The van der Waals surface area contributed by atoms with E-state index in [0.29, 0.717) is 31.3 Å². The maximum Gasteiger partial charge on any atom is 0.341 e. The molecule has 0 bridgehead atoms. The standard InChI is InChI=1S/C19H19F2NO5S/c1-2-22(12-14-4-3-5-16-17(14)27-11-10-26-16)18(23)13-6-8-15(9-7-13)28(24,25)19(20)21/h3-9,19H,2,10-12H2,1H3. The molecule has 2 aromatic carbocycles. The summed E-state index contributed by atoms with van der Waals surface area (Å²) in [5.74, 6) is -2.64. The Morgan fingerprint density at radius 3 is 2.43 bits per heavy atom. The van der Waals surface area contributed by atoms with E-state index in [1.807, 2.05) is 12.1 Å². The molecule has 0 N–H and O–H groups in total. The maximum absolute atomic E-state index is 12.8. The van der Waals surface area contributed by atoms with Gasteiger partial charge in [-0.05, 0) is 37.3 Å². The first-order chi connectivity index (χ1) is 13.3. The zero-order valence-electron chi connectivity index (χ0n) is 15.1. The monoisotopic (exact) mass is 411 g/mol. The molecule has 0 fully saturated rings. The number of benzene rings is 2. The second-order valence-electron chi connectivity index (χ2n) is 6.09.